The zero-order valence-corrected chi connectivity index (χ0v) is 17.0. The molecule has 0 saturated heterocycles. The molecule has 2 aromatic heterocycles. The third-order valence-electron chi connectivity index (χ3n) is 3.81. The van der Waals surface area contributed by atoms with Crippen molar-refractivity contribution in [2.24, 2.45) is 4.99 Å². The van der Waals surface area contributed by atoms with Gasteiger partial charge in [0, 0.05) is 19.2 Å². The van der Waals surface area contributed by atoms with Crippen LogP contribution in [-0.2, 0) is 11.3 Å². The highest BCUT2D eigenvalue weighted by Gasteiger charge is 2.17. The topological polar surface area (TPSA) is 96.0 Å². The summed E-state index contributed by atoms with van der Waals surface area (Å²) in [6, 6.07) is 8.46. The SMILES string of the molecule is CCOCCn1c(=NC(=O)c2ccc([N+](=O)[O-])s2)sc2cccc(OCC)c21. The fraction of sp³-hybridized carbons (Fsp3) is 0.333. The van der Waals surface area contributed by atoms with E-state index in [1.165, 1.54) is 23.5 Å². The summed E-state index contributed by atoms with van der Waals surface area (Å²) in [7, 11) is 0. The third-order valence-corrected chi connectivity index (χ3v) is 5.88. The number of carbonyl (C=O) groups excluding carboxylic acids is 1. The zero-order valence-electron chi connectivity index (χ0n) is 15.4. The minimum atomic E-state index is -0.516. The van der Waals surface area contributed by atoms with Crippen LogP contribution in [0.4, 0.5) is 5.00 Å². The van der Waals surface area contributed by atoms with Crippen LogP contribution in [0.5, 0.6) is 5.75 Å². The molecule has 0 fully saturated rings. The van der Waals surface area contributed by atoms with Gasteiger partial charge in [0.1, 0.15) is 16.1 Å². The zero-order chi connectivity index (χ0) is 20.1. The molecule has 0 spiro atoms. The van der Waals surface area contributed by atoms with E-state index in [0.717, 1.165) is 21.6 Å². The molecule has 0 aliphatic carbocycles. The second-order valence-electron chi connectivity index (χ2n) is 5.58. The molecule has 0 saturated carbocycles. The molecule has 10 heteroatoms. The van der Waals surface area contributed by atoms with E-state index in [1.54, 1.807) is 0 Å². The molecule has 0 aliphatic rings. The number of nitro groups is 1. The fourth-order valence-corrected chi connectivity index (χ4v) is 4.42. The number of hydrogen-bond donors (Lipinski definition) is 0. The number of benzene rings is 1. The largest absolute Gasteiger partial charge is 0.492 e. The van der Waals surface area contributed by atoms with Crippen LogP contribution in [0.25, 0.3) is 10.2 Å². The Morgan fingerprint density at radius 2 is 2.04 bits per heavy atom. The van der Waals surface area contributed by atoms with Crippen molar-refractivity contribution < 1.29 is 19.2 Å². The van der Waals surface area contributed by atoms with Crippen molar-refractivity contribution in [3.05, 3.63) is 50.1 Å². The van der Waals surface area contributed by atoms with Crippen LogP contribution in [0, 0.1) is 10.1 Å². The van der Waals surface area contributed by atoms with Gasteiger partial charge in [-0.2, -0.15) is 4.99 Å². The van der Waals surface area contributed by atoms with Gasteiger partial charge in [-0.05, 0) is 32.0 Å². The van der Waals surface area contributed by atoms with Gasteiger partial charge in [-0.3, -0.25) is 14.9 Å². The van der Waals surface area contributed by atoms with E-state index in [2.05, 4.69) is 4.99 Å². The molecule has 3 rings (SSSR count). The van der Waals surface area contributed by atoms with Crippen LogP contribution in [0.1, 0.15) is 23.5 Å². The summed E-state index contributed by atoms with van der Waals surface area (Å²) < 4.78 is 14.1. The lowest BCUT2D eigenvalue weighted by Gasteiger charge is -2.09. The highest BCUT2D eigenvalue weighted by Crippen LogP contribution is 2.28. The molecular formula is C18H19N3O5S2. The Hall–Kier alpha value is -2.56. The Labute approximate surface area is 168 Å². The van der Waals surface area contributed by atoms with Gasteiger partial charge in [0.05, 0.1) is 22.8 Å². The van der Waals surface area contributed by atoms with Gasteiger partial charge >= 0.3 is 5.00 Å². The average molecular weight is 422 g/mol. The number of amides is 1. The monoisotopic (exact) mass is 421 g/mol. The van der Waals surface area contributed by atoms with Crippen LogP contribution in [0.15, 0.2) is 35.3 Å². The summed E-state index contributed by atoms with van der Waals surface area (Å²) in [6.45, 7) is 5.91. The molecular weight excluding hydrogens is 402 g/mol. The Balaban J connectivity index is 2.08. The second-order valence-corrected chi connectivity index (χ2v) is 7.65. The van der Waals surface area contributed by atoms with Gasteiger partial charge in [-0.15, -0.1) is 0 Å². The first-order valence-electron chi connectivity index (χ1n) is 8.71. The van der Waals surface area contributed by atoms with Gasteiger partial charge < -0.3 is 14.0 Å². The quantitative estimate of drug-likeness (QED) is 0.313. The minimum Gasteiger partial charge on any atom is -0.492 e. The molecule has 0 N–H and O–H groups in total. The van der Waals surface area contributed by atoms with Crippen molar-refractivity contribution >= 4 is 43.8 Å². The standard InChI is InChI=1S/C18H19N3O5S2/c1-3-25-11-10-20-16-12(26-4-2)6-5-7-13(16)28-18(20)19-17(22)14-8-9-15(27-14)21(23)24/h5-9H,3-4,10-11H2,1-2H3. The number of hydrogen-bond acceptors (Lipinski definition) is 7. The van der Waals surface area contributed by atoms with E-state index in [4.69, 9.17) is 9.47 Å². The first-order valence-corrected chi connectivity index (χ1v) is 10.3. The number of rotatable bonds is 8. The van der Waals surface area contributed by atoms with Crippen molar-refractivity contribution in [1.82, 2.24) is 4.57 Å². The molecule has 1 aromatic carbocycles. The van der Waals surface area contributed by atoms with Crippen molar-refractivity contribution in [3.8, 4) is 5.75 Å². The number of ether oxygens (including phenoxy) is 2. The third kappa shape index (κ3) is 4.29. The van der Waals surface area contributed by atoms with E-state index >= 15 is 0 Å². The predicted octanol–water partition coefficient (Wildman–Crippen LogP) is 3.85. The molecule has 8 nitrogen and oxygen atoms in total. The van der Waals surface area contributed by atoms with E-state index < -0.39 is 10.8 Å². The molecule has 28 heavy (non-hydrogen) atoms. The maximum atomic E-state index is 12.6. The smallest absolute Gasteiger partial charge is 0.324 e. The number of fused-ring (bicyclic) bond motifs is 1. The van der Waals surface area contributed by atoms with Gasteiger partial charge in [0.25, 0.3) is 5.91 Å². The number of thiazole rings is 1. The molecule has 2 heterocycles. The fourth-order valence-electron chi connectivity index (χ4n) is 2.65. The highest BCUT2D eigenvalue weighted by atomic mass is 32.1. The van der Waals surface area contributed by atoms with Crippen molar-refractivity contribution in [3.63, 3.8) is 0 Å². The maximum absolute atomic E-state index is 12.6. The minimum absolute atomic E-state index is 0.0854. The molecule has 1 amide bonds. The molecule has 0 atom stereocenters. The molecule has 0 bridgehead atoms. The first-order chi connectivity index (χ1) is 13.5. The lowest BCUT2D eigenvalue weighted by atomic mass is 10.3. The van der Waals surface area contributed by atoms with E-state index in [-0.39, 0.29) is 9.88 Å². The van der Waals surface area contributed by atoms with Crippen molar-refractivity contribution in [1.29, 1.82) is 0 Å². The van der Waals surface area contributed by atoms with Gasteiger partial charge in [-0.25, -0.2) is 0 Å². The summed E-state index contributed by atoms with van der Waals surface area (Å²) in [5, 5.41) is 10.8. The average Bonchev–Trinajstić information content (AvgIpc) is 3.28. The Kier molecular flexibility index (Phi) is 6.55. The summed E-state index contributed by atoms with van der Waals surface area (Å²) in [5.74, 6) is 0.209. The second kappa shape index (κ2) is 9.09. The first kappa shape index (κ1) is 20.2. The summed E-state index contributed by atoms with van der Waals surface area (Å²) in [5.41, 5.74) is 0.859. The van der Waals surface area contributed by atoms with Crippen LogP contribution in [-0.4, -0.2) is 35.2 Å². The van der Waals surface area contributed by atoms with E-state index in [0.29, 0.717) is 36.9 Å². The van der Waals surface area contributed by atoms with Crippen LogP contribution >= 0.6 is 22.7 Å². The van der Waals surface area contributed by atoms with Gasteiger partial charge in [0.2, 0.25) is 0 Å². The van der Waals surface area contributed by atoms with Crippen LogP contribution in [0.2, 0.25) is 0 Å². The predicted molar refractivity (Wildman–Crippen MR) is 108 cm³/mol. The molecule has 0 aliphatic heterocycles. The van der Waals surface area contributed by atoms with Crippen LogP contribution in [0.3, 0.4) is 0 Å². The molecule has 148 valence electrons. The summed E-state index contributed by atoms with van der Waals surface area (Å²) in [4.78, 5) is 27.9. The van der Waals surface area contributed by atoms with Crippen molar-refractivity contribution in [2.75, 3.05) is 19.8 Å². The Bertz CT molecular complexity index is 1070. The Morgan fingerprint density at radius 1 is 1.21 bits per heavy atom. The molecule has 0 unspecified atom stereocenters. The highest BCUT2D eigenvalue weighted by molar-refractivity contribution is 7.17. The van der Waals surface area contributed by atoms with Gasteiger partial charge in [0.15, 0.2) is 4.80 Å². The maximum Gasteiger partial charge on any atom is 0.324 e. The summed E-state index contributed by atoms with van der Waals surface area (Å²) >= 11 is 2.19. The van der Waals surface area contributed by atoms with E-state index in [1.807, 2.05) is 36.6 Å². The number of thiophene rings is 1. The number of carbonyl (C=O) groups is 1. The number of aromatic nitrogens is 1. The van der Waals surface area contributed by atoms with E-state index in [9.17, 15) is 14.9 Å². The number of nitrogens with zero attached hydrogens (tertiary/aromatic N) is 3. The van der Waals surface area contributed by atoms with Gasteiger partial charge in [-0.1, -0.05) is 28.7 Å². The normalized spacial score (nSPS) is 11.9. The lowest BCUT2D eigenvalue weighted by Crippen LogP contribution is -2.20. The van der Waals surface area contributed by atoms with Crippen molar-refractivity contribution in [2.45, 2.75) is 20.4 Å². The number of para-hydroxylation sites is 1. The summed E-state index contributed by atoms with van der Waals surface area (Å²) in [6.07, 6.45) is 0. The van der Waals surface area contributed by atoms with Crippen LogP contribution < -0.4 is 9.54 Å². The Morgan fingerprint density at radius 3 is 2.71 bits per heavy atom. The lowest BCUT2D eigenvalue weighted by molar-refractivity contribution is -0.380. The molecule has 0 radical (unpaired) electrons. The molecule has 3 aromatic rings.